The SMILES string of the molecule is CN(C)CCN=C([O-])C1=CC=CC1. The topological polar surface area (TPSA) is 38.7 Å². The van der Waals surface area contributed by atoms with Crippen LogP contribution in [0.3, 0.4) is 0 Å². The van der Waals surface area contributed by atoms with Crippen molar-refractivity contribution >= 4 is 5.90 Å². The van der Waals surface area contributed by atoms with Gasteiger partial charge in [0.2, 0.25) is 0 Å². The molecule has 0 heterocycles. The van der Waals surface area contributed by atoms with E-state index in [4.69, 9.17) is 0 Å². The molecule has 0 atom stereocenters. The third-order valence-corrected chi connectivity index (χ3v) is 1.85. The van der Waals surface area contributed by atoms with Gasteiger partial charge in [-0.15, -0.1) is 0 Å². The lowest BCUT2D eigenvalue weighted by Gasteiger charge is -2.13. The fourth-order valence-electron chi connectivity index (χ4n) is 1.06. The van der Waals surface area contributed by atoms with Gasteiger partial charge in [-0.2, -0.15) is 0 Å². The third kappa shape index (κ3) is 3.42. The van der Waals surface area contributed by atoms with Gasteiger partial charge in [-0.3, -0.25) is 4.99 Å². The zero-order valence-corrected chi connectivity index (χ0v) is 8.16. The Morgan fingerprint density at radius 3 is 2.92 bits per heavy atom. The molecule has 3 nitrogen and oxygen atoms in total. The maximum absolute atomic E-state index is 11.3. The summed E-state index contributed by atoms with van der Waals surface area (Å²) in [6, 6.07) is 0. The lowest BCUT2D eigenvalue weighted by molar-refractivity contribution is -0.213. The summed E-state index contributed by atoms with van der Waals surface area (Å²) in [7, 11) is 3.94. The van der Waals surface area contributed by atoms with E-state index in [0.29, 0.717) is 6.54 Å². The van der Waals surface area contributed by atoms with Crippen molar-refractivity contribution in [3.63, 3.8) is 0 Å². The highest BCUT2D eigenvalue weighted by atomic mass is 16.3. The van der Waals surface area contributed by atoms with Crippen LogP contribution in [0.4, 0.5) is 0 Å². The van der Waals surface area contributed by atoms with Gasteiger partial charge in [-0.1, -0.05) is 18.2 Å². The van der Waals surface area contributed by atoms with Crippen molar-refractivity contribution in [1.29, 1.82) is 0 Å². The summed E-state index contributed by atoms with van der Waals surface area (Å²) in [5.74, 6) is -0.0631. The lowest BCUT2D eigenvalue weighted by Crippen LogP contribution is -2.22. The molecule has 0 radical (unpaired) electrons. The molecule has 0 saturated heterocycles. The van der Waals surface area contributed by atoms with Gasteiger partial charge in [0.1, 0.15) is 0 Å². The Bertz CT molecular complexity index is 252. The number of likely N-dealkylation sites (N-methyl/N-ethyl adjacent to an activating group) is 1. The first kappa shape index (κ1) is 9.99. The van der Waals surface area contributed by atoms with Crippen molar-refractivity contribution in [2.24, 2.45) is 4.99 Å². The largest absolute Gasteiger partial charge is 0.859 e. The first-order valence-electron chi connectivity index (χ1n) is 4.42. The summed E-state index contributed by atoms with van der Waals surface area (Å²) < 4.78 is 0. The molecule has 72 valence electrons. The normalized spacial score (nSPS) is 16.8. The average Bonchev–Trinajstić information content (AvgIpc) is 2.55. The molecule has 0 aromatic carbocycles. The molecule has 1 aliphatic rings. The van der Waals surface area contributed by atoms with E-state index in [1.807, 2.05) is 37.2 Å². The Labute approximate surface area is 79.1 Å². The van der Waals surface area contributed by atoms with Crippen LogP contribution in [-0.2, 0) is 0 Å². The molecule has 1 aliphatic carbocycles. The minimum absolute atomic E-state index is 0.0631. The molecule has 0 spiro atoms. The van der Waals surface area contributed by atoms with Gasteiger partial charge in [0, 0.05) is 6.54 Å². The van der Waals surface area contributed by atoms with Crippen LogP contribution in [0.1, 0.15) is 6.42 Å². The first-order valence-corrected chi connectivity index (χ1v) is 4.42. The second kappa shape index (κ2) is 4.82. The van der Waals surface area contributed by atoms with Gasteiger partial charge < -0.3 is 10.0 Å². The van der Waals surface area contributed by atoms with Gasteiger partial charge in [0.05, 0.1) is 6.54 Å². The van der Waals surface area contributed by atoms with Crippen molar-refractivity contribution in [1.82, 2.24) is 4.90 Å². The molecule has 0 aromatic heterocycles. The van der Waals surface area contributed by atoms with E-state index < -0.39 is 0 Å². The minimum Gasteiger partial charge on any atom is -0.859 e. The molecule has 0 bridgehead atoms. The van der Waals surface area contributed by atoms with E-state index in [-0.39, 0.29) is 5.90 Å². The van der Waals surface area contributed by atoms with E-state index >= 15 is 0 Å². The molecule has 13 heavy (non-hydrogen) atoms. The van der Waals surface area contributed by atoms with Crippen molar-refractivity contribution in [3.8, 4) is 0 Å². The summed E-state index contributed by atoms with van der Waals surface area (Å²) in [6.45, 7) is 1.41. The highest BCUT2D eigenvalue weighted by Gasteiger charge is 1.97. The molecule has 0 aliphatic heterocycles. The molecule has 1 rings (SSSR count). The summed E-state index contributed by atoms with van der Waals surface area (Å²) in [5.41, 5.74) is 0.804. The van der Waals surface area contributed by atoms with Gasteiger partial charge in [-0.05, 0) is 32.0 Å². The smallest absolute Gasteiger partial charge is 0.0509 e. The molecular formula is C10H15N2O-. The molecule has 0 saturated carbocycles. The molecule has 0 unspecified atom stereocenters. The van der Waals surface area contributed by atoms with E-state index in [0.717, 1.165) is 18.5 Å². The van der Waals surface area contributed by atoms with E-state index in [9.17, 15) is 5.11 Å². The van der Waals surface area contributed by atoms with E-state index in [2.05, 4.69) is 4.99 Å². The second-order valence-electron chi connectivity index (χ2n) is 3.31. The monoisotopic (exact) mass is 179 g/mol. The molecular weight excluding hydrogens is 164 g/mol. The van der Waals surface area contributed by atoms with Crippen LogP contribution >= 0.6 is 0 Å². The molecule has 0 N–H and O–H groups in total. The van der Waals surface area contributed by atoms with Crippen molar-refractivity contribution in [2.45, 2.75) is 6.42 Å². The van der Waals surface area contributed by atoms with Gasteiger partial charge in [0.15, 0.2) is 0 Å². The predicted octanol–water partition coefficient (Wildman–Crippen LogP) is 0.193. The molecule has 0 amide bonds. The van der Waals surface area contributed by atoms with Crippen LogP contribution in [0.15, 0.2) is 28.8 Å². The van der Waals surface area contributed by atoms with Crippen molar-refractivity contribution in [2.75, 3.05) is 27.2 Å². The van der Waals surface area contributed by atoms with Crippen LogP contribution in [0.2, 0.25) is 0 Å². The molecule has 0 aromatic rings. The Morgan fingerprint density at radius 2 is 2.38 bits per heavy atom. The van der Waals surface area contributed by atoms with Crippen LogP contribution < -0.4 is 5.11 Å². The lowest BCUT2D eigenvalue weighted by atomic mass is 10.2. The zero-order valence-electron chi connectivity index (χ0n) is 8.16. The highest BCUT2D eigenvalue weighted by Crippen LogP contribution is 2.09. The number of rotatable bonds is 4. The fourth-order valence-corrected chi connectivity index (χ4v) is 1.06. The van der Waals surface area contributed by atoms with E-state index in [1.54, 1.807) is 0 Å². The predicted molar refractivity (Wildman–Crippen MR) is 52.7 cm³/mol. The maximum Gasteiger partial charge on any atom is 0.0509 e. The van der Waals surface area contributed by atoms with Crippen LogP contribution in [0, 0.1) is 0 Å². The first-order chi connectivity index (χ1) is 6.20. The zero-order chi connectivity index (χ0) is 9.68. The van der Waals surface area contributed by atoms with Crippen molar-refractivity contribution < 1.29 is 5.11 Å². The third-order valence-electron chi connectivity index (χ3n) is 1.85. The number of allylic oxidation sites excluding steroid dienone is 3. The van der Waals surface area contributed by atoms with Gasteiger partial charge in [-0.25, -0.2) is 0 Å². The van der Waals surface area contributed by atoms with Crippen LogP contribution in [0.5, 0.6) is 0 Å². The molecule has 3 heteroatoms. The summed E-state index contributed by atoms with van der Waals surface area (Å²) in [5, 5.41) is 11.3. The second-order valence-corrected chi connectivity index (χ2v) is 3.31. The Hall–Kier alpha value is -1.09. The number of hydrogen-bond donors (Lipinski definition) is 0. The van der Waals surface area contributed by atoms with Gasteiger partial charge >= 0.3 is 0 Å². The van der Waals surface area contributed by atoms with Gasteiger partial charge in [0.25, 0.3) is 0 Å². The van der Waals surface area contributed by atoms with Crippen molar-refractivity contribution in [3.05, 3.63) is 23.8 Å². The Kier molecular flexibility index (Phi) is 3.71. The van der Waals surface area contributed by atoms with E-state index in [1.165, 1.54) is 0 Å². The minimum atomic E-state index is -0.0631. The Morgan fingerprint density at radius 1 is 1.62 bits per heavy atom. The van der Waals surface area contributed by atoms with Crippen LogP contribution in [-0.4, -0.2) is 38.0 Å². The standard InChI is InChI=1S/C10H16N2O/c1-12(2)8-7-11-10(13)9-5-3-4-6-9/h3-5H,6-8H2,1-2H3,(H,11,13)/p-1. The Balaban J connectivity index is 2.34. The summed E-state index contributed by atoms with van der Waals surface area (Å²) >= 11 is 0. The summed E-state index contributed by atoms with van der Waals surface area (Å²) in [6.07, 6.45) is 6.44. The quantitative estimate of drug-likeness (QED) is 0.456. The highest BCUT2D eigenvalue weighted by molar-refractivity contribution is 5.91. The maximum atomic E-state index is 11.3. The number of hydrogen-bond acceptors (Lipinski definition) is 3. The fraction of sp³-hybridized carbons (Fsp3) is 0.500. The number of aliphatic imine (C=N–C) groups is 1. The average molecular weight is 179 g/mol. The molecule has 0 fully saturated rings. The number of nitrogens with zero attached hydrogens (tertiary/aromatic N) is 2. The van der Waals surface area contributed by atoms with Crippen LogP contribution in [0.25, 0.3) is 0 Å². The summed E-state index contributed by atoms with van der Waals surface area (Å²) in [4.78, 5) is 5.97.